The number of hydrogen-bond donors (Lipinski definition) is 0. The average molecular weight is 422 g/mol. The third kappa shape index (κ3) is 5.39. The van der Waals surface area contributed by atoms with E-state index in [9.17, 15) is 0 Å². The van der Waals surface area contributed by atoms with Crippen LogP contribution in [0.2, 0.25) is 0 Å². The molecule has 1 aliphatic rings. The summed E-state index contributed by atoms with van der Waals surface area (Å²) in [6.07, 6.45) is 8.64. The summed E-state index contributed by atoms with van der Waals surface area (Å²) >= 11 is 4.71. The summed E-state index contributed by atoms with van der Waals surface area (Å²) in [7, 11) is 8.20. The second-order valence-electron chi connectivity index (χ2n) is 7.01. The minimum absolute atomic E-state index is 0. The van der Waals surface area contributed by atoms with Crippen LogP contribution < -0.4 is 17.3 Å². The Kier molecular flexibility index (Phi) is 7.86. The van der Waals surface area contributed by atoms with Crippen LogP contribution in [0, 0.1) is 0 Å². The second kappa shape index (κ2) is 10.1. The van der Waals surface area contributed by atoms with Gasteiger partial charge in [0.2, 0.25) is 0 Å². The number of benzene rings is 2. The zero-order valence-electron chi connectivity index (χ0n) is 17.1. The molecule has 2 aromatic rings. The van der Waals surface area contributed by atoms with E-state index in [1.165, 1.54) is 28.1 Å². The molecule has 0 amide bonds. The molecule has 3 rings (SSSR count). The lowest BCUT2D eigenvalue weighted by atomic mass is 9.90. The summed E-state index contributed by atoms with van der Waals surface area (Å²) in [4.78, 5) is 6.16. The molecular weight excluding hydrogens is 398 g/mol. The minimum atomic E-state index is 0. The molecule has 0 fully saturated rings. The molecular formula is C24H24ClN3S. The van der Waals surface area contributed by atoms with E-state index in [0.29, 0.717) is 0 Å². The molecule has 0 bridgehead atoms. The lowest BCUT2D eigenvalue weighted by molar-refractivity contribution is -0.462. The van der Waals surface area contributed by atoms with E-state index in [-0.39, 0.29) is 12.4 Å². The zero-order chi connectivity index (χ0) is 20.1. The van der Waals surface area contributed by atoms with Gasteiger partial charge in [-0.05, 0) is 70.9 Å². The summed E-state index contributed by atoms with van der Waals surface area (Å²) in [5, 5.41) is 2.42. The molecule has 1 aliphatic carbocycles. The quantitative estimate of drug-likeness (QED) is 0.428. The number of rotatable bonds is 4. The van der Waals surface area contributed by atoms with Crippen molar-refractivity contribution in [2.45, 2.75) is 0 Å². The molecule has 0 aliphatic heterocycles. The van der Waals surface area contributed by atoms with Crippen LogP contribution in [0.4, 0.5) is 11.4 Å². The molecule has 0 saturated heterocycles. The molecule has 2 aromatic carbocycles. The summed E-state index contributed by atoms with van der Waals surface area (Å²) in [6.45, 7) is 0. The van der Waals surface area contributed by atoms with Crippen molar-refractivity contribution in [3.05, 3.63) is 89.5 Å². The first-order valence-electron chi connectivity index (χ1n) is 9.10. The molecule has 0 unspecified atom stereocenters. The van der Waals surface area contributed by atoms with Crippen LogP contribution in [-0.2, 0) is 0 Å². The normalized spacial score (nSPS) is 12.1. The maximum absolute atomic E-state index is 4.71. The SMILES string of the molecule is CN(C)c1ccc(C(=C2C=CC(=[N+](C)C)C=C2)c2ccc(N=C=S)cc2)cc1.[Cl-]. The third-order valence-electron chi connectivity index (χ3n) is 4.68. The molecule has 0 N–H and O–H groups in total. The van der Waals surface area contributed by atoms with Gasteiger partial charge in [-0.2, -0.15) is 4.99 Å². The van der Waals surface area contributed by atoms with Gasteiger partial charge in [-0.15, -0.1) is 0 Å². The van der Waals surface area contributed by atoms with Gasteiger partial charge >= 0.3 is 0 Å². The van der Waals surface area contributed by atoms with Gasteiger partial charge in [-0.25, -0.2) is 4.58 Å². The van der Waals surface area contributed by atoms with E-state index in [2.05, 4.69) is 109 Å². The molecule has 0 heterocycles. The van der Waals surface area contributed by atoms with E-state index in [4.69, 9.17) is 12.2 Å². The van der Waals surface area contributed by atoms with Gasteiger partial charge in [0.25, 0.3) is 0 Å². The van der Waals surface area contributed by atoms with Crippen LogP contribution in [-0.4, -0.2) is 43.6 Å². The Bertz CT molecular complexity index is 1010. The zero-order valence-corrected chi connectivity index (χ0v) is 18.6. The largest absolute Gasteiger partial charge is 1.00 e. The Balaban J connectivity index is 0.00000300. The van der Waals surface area contributed by atoms with E-state index in [1.54, 1.807) is 0 Å². The van der Waals surface area contributed by atoms with Crippen molar-refractivity contribution < 1.29 is 17.0 Å². The predicted octanol–water partition coefficient (Wildman–Crippen LogP) is 2.13. The lowest BCUT2D eigenvalue weighted by Gasteiger charge is -2.16. The maximum Gasteiger partial charge on any atom is 0.199 e. The average Bonchev–Trinajstić information content (AvgIpc) is 2.70. The van der Waals surface area contributed by atoms with Crippen molar-refractivity contribution in [2.75, 3.05) is 33.1 Å². The van der Waals surface area contributed by atoms with Crippen LogP contribution in [0.5, 0.6) is 0 Å². The van der Waals surface area contributed by atoms with E-state index < -0.39 is 0 Å². The minimum Gasteiger partial charge on any atom is -1.00 e. The van der Waals surface area contributed by atoms with Gasteiger partial charge < -0.3 is 17.3 Å². The van der Waals surface area contributed by atoms with Gasteiger partial charge in [-0.3, -0.25) is 0 Å². The summed E-state index contributed by atoms with van der Waals surface area (Å²) in [5.41, 5.74) is 7.84. The van der Waals surface area contributed by atoms with Crippen molar-refractivity contribution in [1.82, 2.24) is 0 Å². The molecule has 5 heteroatoms. The number of nitrogens with zero attached hydrogens (tertiary/aromatic N) is 3. The molecule has 148 valence electrons. The highest BCUT2D eigenvalue weighted by atomic mass is 35.5. The number of isothiocyanates is 1. The fourth-order valence-electron chi connectivity index (χ4n) is 3.11. The van der Waals surface area contributed by atoms with Gasteiger partial charge in [0, 0.05) is 31.9 Å². The van der Waals surface area contributed by atoms with Gasteiger partial charge in [0.05, 0.1) is 10.8 Å². The molecule has 0 atom stereocenters. The number of thiocarbonyl (C=S) groups is 1. The van der Waals surface area contributed by atoms with Crippen LogP contribution in [0.3, 0.4) is 0 Å². The van der Waals surface area contributed by atoms with E-state index >= 15 is 0 Å². The van der Waals surface area contributed by atoms with Gasteiger partial charge in [-0.1, -0.05) is 24.3 Å². The number of halogens is 1. The van der Waals surface area contributed by atoms with Crippen LogP contribution in [0.15, 0.2) is 83.4 Å². The van der Waals surface area contributed by atoms with Crippen LogP contribution in [0.25, 0.3) is 5.57 Å². The number of anilines is 1. The Labute approximate surface area is 184 Å². The molecule has 0 spiro atoms. The Morgan fingerprint density at radius 2 is 1.38 bits per heavy atom. The third-order valence-corrected chi connectivity index (χ3v) is 4.77. The van der Waals surface area contributed by atoms with Gasteiger partial charge in [0.15, 0.2) is 5.71 Å². The first-order chi connectivity index (χ1) is 13.5. The van der Waals surface area contributed by atoms with Crippen molar-refractivity contribution in [3.63, 3.8) is 0 Å². The topological polar surface area (TPSA) is 18.6 Å². The monoisotopic (exact) mass is 421 g/mol. The fraction of sp³-hybridized carbons (Fsp3) is 0.167. The predicted molar refractivity (Wildman–Crippen MR) is 123 cm³/mol. The first kappa shape index (κ1) is 22.5. The summed E-state index contributed by atoms with van der Waals surface area (Å²) in [6, 6.07) is 16.7. The van der Waals surface area contributed by atoms with E-state index in [0.717, 1.165) is 11.3 Å². The van der Waals surface area contributed by atoms with Crippen LogP contribution in [0.1, 0.15) is 11.1 Å². The smallest absolute Gasteiger partial charge is 0.199 e. The van der Waals surface area contributed by atoms with Crippen LogP contribution >= 0.6 is 12.2 Å². The first-order valence-corrected chi connectivity index (χ1v) is 9.51. The van der Waals surface area contributed by atoms with Crippen molar-refractivity contribution in [3.8, 4) is 0 Å². The molecule has 0 radical (unpaired) electrons. The Morgan fingerprint density at radius 1 is 0.862 bits per heavy atom. The molecule has 0 aromatic heterocycles. The molecule has 0 saturated carbocycles. The lowest BCUT2D eigenvalue weighted by Crippen LogP contribution is -3.00. The standard InChI is InChI=1S/C24H24N3S.ClH/c1-26(2)22-13-7-19(8-14-22)24(18-5-11-21(12-6-18)25-17-28)20-9-15-23(16-10-20)27(3)4;/h5-16H,1-4H3;1H/q+1;/p-1. The fourth-order valence-corrected chi connectivity index (χ4v) is 3.21. The summed E-state index contributed by atoms with van der Waals surface area (Å²) < 4.78 is 2.10. The van der Waals surface area contributed by atoms with E-state index in [1.807, 2.05) is 12.1 Å². The van der Waals surface area contributed by atoms with Crippen molar-refractivity contribution in [1.29, 1.82) is 0 Å². The van der Waals surface area contributed by atoms with Crippen molar-refractivity contribution in [2.24, 2.45) is 4.99 Å². The number of hydrogen-bond acceptors (Lipinski definition) is 3. The number of aliphatic imine (C=N–C) groups is 1. The van der Waals surface area contributed by atoms with Gasteiger partial charge in [0.1, 0.15) is 14.1 Å². The second-order valence-corrected chi connectivity index (χ2v) is 7.19. The highest BCUT2D eigenvalue weighted by molar-refractivity contribution is 7.78. The highest BCUT2D eigenvalue weighted by Crippen LogP contribution is 2.31. The molecule has 3 nitrogen and oxygen atoms in total. The number of allylic oxidation sites excluding steroid dienone is 5. The maximum atomic E-state index is 4.71. The summed E-state index contributed by atoms with van der Waals surface area (Å²) in [5.74, 6) is 0. The molecule has 29 heavy (non-hydrogen) atoms. The highest BCUT2D eigenvalue weighted by Gasteiger charge is 2.13. The van der Waals surface area contributed by atoms with Crippen molar-refractivity contribution >= 4 is 40.0 Å². The Morgan fingerprint density at radius 3 is 1.83 bits per heavy atom. The Hall–Kier alpha value is -2.78.